The number of rotatable bonds is 6. The number of fused-ring (bicyclic) bond motifs is 3. The number of aliphatic carboxylic acids is 1. The second-order valence-electron chi connectivity index (χ2n) is 8.68. The molecular weight excluding hydrogens is 438 g/mol. The highest BCUT2D eigenvalue weighted by Gasteiger charge is 2.43. The fourth-order valence-electron chi connectivity index (χ4n) is 4.83. The largest absolute Gasteiger partial charge is 0.479 e. The van der Waals surface area contributed by atoms with Gasteiger partial charge in [0.2, 0.25) is 0 Å². The van der Waals surface area contributed by atoms with Crippen LogP contribution in [-0.2, 0) is 9.53 Å². The quantitative estimate of drug-likeness (QED) is 0.475. The minimum atomic E-state index is -1.12. The maximum absolute atomic E-state index is 13.3. The highest BCUT2D eigenvalue weighted by atomic mass is 35.5. The topological polar surface area (TPSA) is 66.8 Å². The minimum Gasteiger partial charge on any atom is -0.479 e. The van der Waals surface area contributed by atoms with E-state index >= 15 is 0 Å². The fourth-order valence-corrected chi connectivity index (χ4v) is 5.06. The van der Waals surface area contributed by atoms with Crippen molar-refractivity contribution in [2.75, 3.05) is 6.61 Å². The molecule has 1 unspecified atom stereocenters. The van der Waals surface area contributed by atoms with E-state index in [4.69, 9.17) is 16.3 Å². The predicted molar refractivity (Wildman–Crippen MR) is 126 cm³/mol. The van der Waals surface area contributed by atoms with Crippen molar-refractivity contribution in [1.29, 1.82) is 0 Å². The van der Waals surface area contributed by atoms with E-state index in [1.807, 2.05) is 24.3 Å². The summed E-state index contributed by atoms with van der Waals surface area (Å²) in [6.07, 6.45) is 0.933. The SMILES string of the molecule is Cc1cc(Cl)ccc1C(C(=O)O)N(C(=O)OCC1c2ccccc2-c2ccccc21)C1CC1. The van der Waals surface area contributed by atoms with Crippen molar-refractivity contribution in [2.45, 2.75) is 37.8 Å². The smallest absolute Gasteiger partial charge is 0.411 e. The molecule has 0 aliphatic heterocycles. The fraction of sp³-hybridized carbons (Fsp3) is 0.259. The summed E-state index contributed by atoms with van der Waals surface area (Å²) in [4.78, 5) is 27.0. The van der Waals surface area contributed by atoms with Crippen molar-refractivity contribution in [2.24, 2.45) is 0 Å². The van der Waals surface area contributed by atoms with E-state index in [1.165, 1.54) is 4.90 Å². The maximum atomic E-state index is 13.3. The zero-order valence-electron chi connectivity index (χ0n) is 18.2. The number of benzene rings is 3. The first-order valence-electron chi connectivity index (χ1n) is 11.1. The molecule has 2 aliphatic carbocycles. The zero-order valence-corrected chi connectivity index (χ0v) is 19.0. The molecule has 0 bridgehead atoms. The third-order valence-electron chi connectivity index (χ3n) is 6.53. The van der Waals surface area contributed by atoms with Gasteiger partial charge in [0.25, 0.3) is 0 Å². The average molecular weight is 462 g/mol. The molecule has 0 heterocycles. The van der Waals surface area contributed by atoms with E-state index in [9.17, 15) is 14.7 Å². The first kappa shape index (κ1) is 21.5. The lowest BCUT2D eigenvalue weighted by Gasteiger charge is -2.30. The van der Waals surface area contributed by atoms with Gasteiger partial charge in [0.15, 0.2) is 6.04 Å². The van der Waals surface area contributed by atoms with Crippen molar-refractivity contribution in [3.8, 4) is 11.1 Å². The summed E-state index contributed by atoms with van der Waals surface area (Å²) in [6.45, 7) is 1.96. The van der Waals surface area contributed by atoms with Crippen LogP contribution in [-0.4, -0.2) is 34.7 Å². The molecule has 1 N–H and O–H groups in total. The Morgan fingerprint density at radius 2 is 1.64 bits per heavy atom. The molecule has 0 radical (unpaired) electrons. The summed E-state index contributed by atoms with van der Waals surface area (Å²) >= 11 is 6.07. The van der Waals surface area contributed by atoms with Gasteiger partial charge in [-0.1, -0.05) is 66.2 Å². The number of amides is 1. The lowest BCUT2D eigenvalue weighted by Crippen LogP contribution is -2.41. The molecule has 1 saturated carbocycles. The lowest BCUT2D eigenvalue weighted by molar-refractivity contribution is -0.143. The Kier molecular flexibility index (Phi) is 5.59. The maximum Gasteiger partial charge on any atom is 0.411 e. The average Bonchev–Trinajstić information content (AvgIpc) is 3.58. The summed E-state index contributed by atoms with van der Waals surface area (Å²) in [6, 6.07) is 20.1. The van der Waals surface area contributed by atoms with Gasteiger partial charge in [0.1, 0.15) is 6.61 Å². The Labute approximate surface area is 197 Å². The molecule has 1 atom stereocenters. The van der Waals surface area contributed by atoms with Crippen LogP contribution in [0.4, 0.5) is 4.79 Å². The summed E-state index contributed by atoms with van der Waals surface area (Å²) in [7, 11) is 0. The van der Waals surface area contributed by atoms with E-state index in [-0.39, 0.29) is 18.6 Å². The highest BCUT2D eigenvalue weighted by molar-refractivity contribution is 6.30. The Balaban J connectivity index is 1.42. The molecule has 0 aromatic heterocycles. The molecular formula is C27H24ClNO4. The van der Waals surface area contributed by atoms with Crippen molar-refractivity contribution < 1.29 is 19.4 Å². The normalized spacial score (nSPS) is 15.5. The van der Waals surface area contributed by atoms with Crippen LogP contribution >= 0.6 is 11.6 Å². The van der Waals surface area contributed by atoms with Crippen LogP contribution in [0.25, 0.3) is 11.1 Å². The molecule has 0 spiro atoms. The van der Waals surface area contributed by atoms with Crippen molar-refractivity contribution in [1.82, 2.24) is 4.90 Å². The van der Waals surface area contributed by atoms with Gasteiger partial charge in [-0.3, -0.25) is 4.90 Å². The molecule has 33 heavy (non-hydrogen) atoms. The van der Waals surface area contributed by atoms with Gasteiger partial charge in [-0.25, -0.2) is 9.59 Å². The summed E-state index contributed by atoms with van der Waals surface area (Å²) in [5, 5.41) is 10.6. The Bertz CT molecular complexity index is 1190. The van der Waals surface area contributed by atoms with Crippen LogP contribution in [0.2, 0.25) is 5.02 Å². The molecule has 2 aliphatic rings. The number of halogens is 1. The Hall–Kier alpha value is -3.31. The molecule has 1 amide bonds. The number of nitrogens with zero attached hydrogens (tertiary/aromatic N) is 1. The number of ether oxygens (including phenoxy) is 1. The Morgan fingerprint density at radius 1 is 1.03 bits per heavy atom. The van der Waals surface area contributed by atoms with Crippen LogP contribution in [0, 0.1) is 6.92 Å². The van der Waals surface area contributed by atoms with Gasteiger partial charge in [-0.05, 0) is 65.3 Å². The van der Waals surface area contributed by atoms with Gasteiger partial charge < -0.3 is 9.84 Å². The van der Waals surface area contributed by atoms with Gasteiger partial charge in [-0.15, -0.1) is 0 Å². The third kappa shape index (κ3) is 3.98. The summed E-state index contributed by atoms with van der Waals surface area (Å²) in [5.74, 6) is -1.16. The first-order chi connectivity index (χ1) is 16.0. The second kappa shape index (κ2) is 8.56. The zero-order chi connectivity index (χ0) is 23.1. The van der Waals surface area contributed by atoms with Gasteiger partial charge in [0, 0.05) is 17.0 Å². The van der Waals surface area contributed by atoms with Crippen LogP contribution in [0.5, 0.6) is 0 Å². The number of carboxylic acids is 1. The number of carbonyl (C=O) groups is 2. The van der Waals surface area contributed by atoms with E-state index in [1.54, 1.807) is 25.1 Å². The van der Waals surface area contributed by atoms with E-state index in [2.05, 4.69) is 24.3 Å². The molecule has 6 heteroatoms. The summed E-state index contributed by atoms with van der Waals surface area (Å²) < 4.78 is 5.82. The van der Waals surface area contributed by atoms with Crippen molar-refractivity contribution >= 4 is 23.7 Å². The monoisotopic (exact) mass is 461 g/mol. The number of carboxylic acid groups (broad SMARTS) is 1. The third-order valence-corrected chi connectivity index (χ3v) is 6.76. The molecule has 3 aromatic carbocycles. The molecule has 0 saturated heterocycles. The highest BCUT2D eigenvalue weighted by Crippen LogP contribution is 2.45. The second-order valence-corrected chi connectivity index (χ2v) is 9.12. The number of hydrogen-bond donors (Lipinski definition) is 1. The Morgan fingerprint density at radius 3 is 2.18 bits per heavy atom. The van der Waals surface area contributed by atoms with E-state index in [0.717, 1.165) is 40.7 Å². The molecule has 1 fully saturated rings. The van der Waals surface area contributed by atoms with Crippen LogP contribution in [0.3, 0.4) is 0 Å². The molecule has 3 aromatic rings. The van der Waals surface area contributed by atoms with E-state index in [0.29, 0.717) is 10.6 Å². The predicted octanol–water partition coefficient (Wildman–Crippen LogP) is 6.19. The minimum absolute atomic E-state index is 0.0806. The number of carbonyl (C=O) groups excluding carboxylic acids is 1. The summed E-state index contributed by atoms with van der Waals surface area (Å²) in [5.41, 5.74) is 5.81. The van der Waals surface area contributed by atoms with Gasteiger partial charge >= 0.3 is 12.1 Å². The van der Waals surface area contributed by atoms with Crippen LogP contribution < -0.4 is 0 Å². The van der Waals surface area contributed by atoms with Crippen molar-refractivity contribution in [3.05, 3.63) is 94.0 Å². The standard InChI is InChI=1S/C27H24ClNO4/c1-16-14-17(28)10-13-19(16)25(26(30)31)29(18-11-12-18)27(32)33-15-24-22-8-4-2-6-20(22)21-7-3-5-9-23(21)24/h2-10,13-14,18,24-25H,11-12,15H2,1H3,(H,30,31). The van der Waals surface area contributed by atoms with Crippen LogP contribution in [0.15, 0.2) is 66.7 Å². The number of hydrogen-bond acceptors (Lipinski definition) is 3. The van der Waals surface area contributed by atoms with Gasteiger partial charge in [-0.2, -0.15) is 0 Å². The van der Waals surface area contributed by atoms with Crippen LogP contribution in [0.1, 0.15) is 47.1 Å². The van der Waals surface area contributed by atoms with E-state index < -0.39 is 18.1 Å². The molecule has 168 valence electrons. The van der Waals surface area contributed by atoms with Gasteiger partial charge in [0.05, 0.1) is 0 Å². The van der Waals surface area contributed by atoms with Crippen molar-refractivity contribution in [3.63, 3.8) is 0 Å². The number of aryl methyl sites for hydroxylation is 1. The lowest BCUT2D eigenvalue weighted by atomic mass is 9.98. The molecule has 5 rings (SSSR count). The first-order valence-corrected chi connectivity index (χ1v) is 11.5. The molecule has 5 nitrogen and oxygen atoms in total.